The highest BCUT2D eigenvalue weighted by atomic mass is 16.7. The Morgan fingerprint density at radius 3 is 2.73 bits per heavy atom. The van der Waals surface area contributed by atoms with E-state index in [2.05, 4.69) is 12.2 Å². The Kier molecular flexibility index (Phi) is 2.68. The Balaban J connectivity index is 2.24. The summed E-state index contributed by atoms with van der Waals surface area (Å²) in [6.45, 7) is 2.30. The Morgan fingerprint density at radius 1 is 1.40 bits per heavy atom. The average Bonchev–Trinajstić information content (AvgIpc) is 2.65. The maximum Gasteiger partial charge on any atom is 0.231 e. The quantitative estimate of drug-likeness (QED) is 0.787. The molecular weight excluding hydrogens is 194 g/mol. The monoisotopic (exact) mass is 209 g/mol. The largest absolute Gasteiger partial charge is 0.508 e. The van der Waals surface area contributed by atoms with Gasteiger partial charge < -0.3 is 19.9 Å². The molecule has 0 saturated carbocycles. The highest BCUT2D eigenvalue weighted by molar-refractivity contribution is 5.51. The molecule has 2 rings (SSSR count). The van der Waals surface area contributed by atoms with Crippen molar-refractivity contribution in [2.75, 3.05) is 13.8 Å². The second kappa shape index (κ2) is 3.98. The van der Waals surface area contributed by atoms with Crippen LogP contribution in [0.2, 0.25) is 0 Å². The molecule has 4 heteroatoms. The van der Waals surface area contributed by atoms with Gasteiger partial charge >= 0.3 is 0 Å². The number of likely N-dealkylation sites (N-methyl/N-ethyl adjacent to an activating group) is 1. The topological polar surface area (TPSA) is 50.7 Å². The third-order valence-corrected chi connectivity index (χ3v) is 2.59. The van der Waals surface area contributed by atoms with E-state index in [-0.39, 0.29) is 12.5 Å². The molecule has 1 aliphatic rings. The van der Waals surface area contributed by atoms with Crippen LogP contribution in [0.3, 0.4) is 0 Å². The van der Waals surface area contributed by atoms with Crippen LogP contribution in [-0.4, -0.2) is 25.0 Å². The van der Waals surface area contributed by atoms with Gasteiger partial charge in [0.25, 0.3) is 0 Å². The van der Waals surface area contributed by atoms with Crippen LogP contribution in [0.15, 0.2) is 12.1 Å². The van der Waals surface area contributed by atoms with E-state index in [0.717, 1.165) is 12.0 Å². The van der Waals surface area contributed by atoms with Crippen LogP contribution in [0, 0.1) is 0 Å². The summed E-state index contributed by atoms with van der Waals surface area (Å²) >= 11 is 0. The van der Waals surface area contributed by atoms with Crippen LogP contribution in [0.25, 0.3) is 0 Å². The van der Waals surface area contributed by atoms with Crippen LogP contribution in [0.1, 0.15) is 12.5 Å². The molecule has 1 atom stereocenters. The third-order valence-electron chi connectivity index (χ3n) is 2.59. The Morgan fingerprint density at radius 2 is 2.07 bits per heavy atom. The lowest BCUT2D eigenvalue weighted by Gasteiger charge is -2.11. The predicted molar refractivity (Wildman–Crippen MR) is 56.5 cm³/mol. The Bertz CT molecular complexity index is 365. The first-order valence-corrected chi connectivity index (χ1v) is 4.99. The van der Waals surface area contributed by atoms with Gasteiger partial charge in [-0.3, -0.25) is 0 Å². The van der Waals surface area contributed by atoms with Crippen molar-refractivity contribution in [2.24, 2.45) is 0 Å². The van der Waals surface area contributed by atoms with Gasteiger partial charge in [-0.15, -0.1) is 0 Å². The number of hydrogen-bond acceptors (Lipinski definition) is 4. The minimum absolute atomic E-state index is 0.236. The zero-order chi connectivity index (χ0) is 10.8. The van der Waals surface area contributed by atoms with Crippen molar-refractivity contribution in [2.45, 2.75) is 19.4 Å². The summed E-state index contributed by atoms with van der Waals surface area (Å²) in [4.78, 5) is 0. The Hall–Kier alpha value is -1.42. The first kappa shape index (κ1) is 10.1. The van der Waals surface area contributed by atoms with Gasteiger partial charge in [0.2, 0.25) is 6.79 Å². The van der Waals surface area contributed by atoms with Gasteiger partial charge in [-0.25, -0.2) is 0 Å². The molecule has 1 aliphatic heterocycles. The lowest BCUT2D eigenvalue weighted by atomic mass is 10.1. The molecule has 15 heavy (non-hydrogen) atoms. The lowest BCUT2D eigenvalue weighted by Crippen LogP contribution is -2.23. The lowest BCUT2D eigenvalue weighted by molar-refractivity contribution is 0.174. The van der Waals surface area contributed by atoms with Gasteiger partial charge in [0.15, 0.2) is 11.5 Å². The molecular formula is C11H15NO3. The molecule has 82 valence electrons. The van der Waals surface area contributed by atoms with E-state index in [1.54, 1.807) is 6.07 Å². The number of rotatable bonds is 3. The van der Waals surface area contributed by atoms with Crippen molar-refractivity contribution in [3.8, 4) is 17.2 Å². The summed E-state index contributed by atoms with van der Waals surface area (Å²) in [5, 5.41) is 12.9. The van der Waals surface area contributed by atoms with Gasteiger partial charge in [0.05, 0.1) is 0 Å². The first-order chi connectivity index (χ1) is 7.20. The highest BCUT2D eigenvalue weighted by Gasteiger charge is 2.17. The van der Waals surface area contributed by atoms with Crippen molar-refractivity contribution in [1.82, 2.24) is 5.32 Å². The van der Waals surface area contributed by atoms with Gasteiger partial charge in [-0.1, -0.05) is 0 Å². The number of phenolic OH excluding ortho intramolecular Hbond substituents is 1. The number of phenols is 1. The van der Waals surface area contributed by atoms with E-state index >= 15 is 0 Å². The molecule has 0 fully saturated rings. The number of ether oxygens (including phenoxy) is 2. The van der Waals surface area contributed by atoms with Gasteiger partial charge in [0.1, 0.15) is 5.75 Å². The normalized spacial score (nSPS) is 15.3. The molecule has 4 nitrogen and oxygen atoms in total. The molecule has 0 bridgehead atoms. The summed E-state index contributed by atoms with van der Waals surface area (Å²) in [5.74, 6) is 1.60. The third kappa shape index (κ3) is 1.99. The van der Waals surface area contributed by atoms with Crippen LogP contribution in [0.5, 0.6) is 17.2 Å². The highest BCUT2D eigenvalue weighted by Crippen LogP contribution is 2.37. The van der Waals surface area contributed by atoms with Crippen LogP contribution in [-0.2, 0) is 6.42 Å². The summed E-state index contributed by atoms with van der Waals surface area (Å²) < 4.78 is 10.4. The second-order valence-electron chi connectivity index (χ2n) is 3.73. The summed E-state index contributed by atoms with van der Waals surface area (Å²) in [5.41, 5.74) is 0.876. The number of hydrogen-bond donors (Lipinski definition) is 2. The smallest absolute Gasteiger partial charge is 0.231 e. The van der Waals surface area contributed by atoms with E-state index in [9.17, 15) is 5.11 Å². The molecule has 0 amide bonds. The fraction of sp³-hybridized carbons (Fsp3) is 0.455. The molecule has 2 N–H and O–H groups in total. The predicted octanol–water partition coefficient (Wildman–Crippen LogP) is 1.27. The maximum absolute atomic E-state index is 9.76. The molecule has 0 radical (unpaired) electrons. The Labute approximate surface area is 88.8 Å². The SMILES string of the molecule is CN[C@H](C)Cc1cc2c(cc1O)OCO2. The zero-order valence-electron chi connectivity index (χ0n) is 8.91. The fourth-order valence-corrected chi connectivity index (χ4v) is 1.57. The molecule has 1 aromatic rings. The molecule has 1 heterocycles. The van der Waals surface area contributed by atoms with Crippen molar-refractivity contribution < 1.29 is 14.6 Å². The summed E-state index contributed by atoms with van der Waals surface area (Å²) in [6, 6.07) is 3.77. The molecule has 0 unspecified atom stereocenters. The maximum atomic E-state index is 9.76. The van der Waals surface area contributed by atoms with Crippen LogP contribution in [0.4, 0.5) is 0 Å². The first-order valence-electron chi connectivity index (χ1n) is 4.99. The number of benzene rings is 1. The van der Waals surface area contributed by atoms with E-state index in [4.69, 9.17) is 9.47 Å². The molecule has 0 saturated heterocycles. The zero-order valence-corrected chi connectivity index (χ0v) is 8.91. The van der Waals surface area contributed by atoms with E-state index in [1.807, 2.05) is 13.1 Å². The van der Waals surface area contributed by atoms with Gasteiger partial charge in [0, 0.05) is 12.1 Å². The molecule has 0 spiro atoms. The molecule has 0 aromatic heterocycles. The van der Waals surface area contributed by atoms with E-state index in [0.29, 0.717) is 17.5 Å². The average molecular weight is 209 g/mol. The standard InChI is InChI=1S/C11H15NO3/c1-7(12-2)3-8-4-10-11(5-9(8)13)15-6-14-10/h4-5,7,12-13H,3,6H2,1-2H3/t7-/m1/s1. The fourth-order valence-electron chi connectivity index (χ4n) is 1.57. The minimum atomic E-state index is 0.236. The summed E-state index contributed by atoms with van der Waals surface area (Å²) in [7, 11) is 1.90. The number of nitrogens with one attached hydrogen (secondary N) is 1. The van der Waals surface area contributed by atoms with Crippen molar-refractivity contribution >= 4 is 0 Å². The van der Waals surface area contributed by atoms with Crippen molar-refractivity contribution in [3.63, 3.8) is 0 Å². The second-order valence-corrected chi connectivity index (χ2v) is 3.73. The van der Waals surface area contributed by atoms with Crippen molar-refractivity contribution in [1.29, 1.82) is 0 Å². The summed E-state index contributed by atoms with van der Waals surface area (Å²) in [6.07, 6.45) is 0.763. The number of aromatic hydroxyl groups is 1. The molecule has 0 aliphatic carbocycles. The van der Waals surface area contributed by atoms with Crippen LogP contribution >= 0.6 is 0 Å². The number of fused-ring (bicyclic) bond motifs is 1. The van der Waals surface area contributed by atoms with Gasteiger partial charge in [-0.05, 0) is 32.0 Å². The molecule has 1 aromatic carbocycles. The minimum Gasteiger partial charge on any atom is -0.508 e. The van der Waals surface area contributed by atoms with E-state index < -0.39 is 0 Å². The van der Waals surface area contributed by atoms with Crippen LogP contribution < -0.4 is 14.8 Å². The van der Waals surface area contributed by atoms with Gasteiger partial charge in [-0.2, -0.15) is 0 Å². The van der Waals surface area contributed by atoms with E-state index in [1.165, 1.54) is 0 Å². The van der Waals surface area contributed by atoms with Crippen molar-refractivity contribution in [3.05, 3.63) is 17.7 Å².